The van der Waals surface area contributed by atoms with Crippen molar-refractivity contribution in [2.45, 2.75) is 18.6 Å². The Morgan fingerprint density at radius 3 is 2.38 bits per heavy atom. The number of ether oxygens (including phenoxy) is 1. The number of nitrogens with zero attached hydrogens (tertiary/aromatic N) is 3. The lowest BCUT2D eigenvalue weighted by Crippen LogP contribution is -2.44. The third kappa shape index (κ3) is 6.03. The van der Waals surface area contributed by atoms with Crippen LogP contribution in [0.3, 0.4) is 0 Å². The van der Waals surface area contributed by atoms with Crippen LogP contribution in [0.15, 0.2) is 77.3 Å². The van der Waals surface area contributed by atoms with Crippen LogP contribution in [0.25, 0.3) is 21.8 Å². The van der Waals surface area contributed by atoms with E-state index in [1.165, 1.54) is 11.8 Å². The van der Waals surface area contributed by atoms with E-state index in [0.717, 1.165) is 21.8 Å². The fraction of sp³-hybridized carbons (Fsp3) is 0.167. The molecule has 0 fully saturated rings. The molecule has 174 valence electrons. The molecule has 2 aromatic heterocycles. The van der Waals surface area contributed by atoms with Gasteiger partial charge in [0.1, 0.15) is 5.75 Å². The second kappa shape index (κ2) is 11.5. The molecule has 0 radical (unpaired) electrons. The summed E-state index contributed by atoms with van der Waals surface area (Å²) in [4.78, 5) is 25.2. The summed E-state index contributed by atoms with van der Waals surface area (Å²) in [5, 5.41) is 11.1. The minimum Gasteiger partial charge on any atom is -0.484 e. The predicted octanol–water partition coefficient (Wildman–Crippen LogP) is 4.01. The topological polar surface area (TPSA) is 98.1 Å². The van der Waals surface area contributed by atoms with Gasteiger partial charge in [-0.2, -0.15) is 0 Å². The monoisotopic (exact) mass is 493 g/mol. The Morgan fingerprint density at radius 2 is 1.68 bits per heavy atom. The molecule has 0 bridgehead atoms. The van der Waals surface area contributed by atoms with Crippen molar-refractivity contribution < 1.29 is 14.3 Å². The summed E-state index contributed by atoms with van der Waals surface area (Å²) in [5.74, 6) is 0.626. The molecule has 0 aliphatic heterocycles. The van der Waals surface area contributed by atoms with Crippen molar-refractivity contribution in [3.8, 4) is 27.6 Å². The maximum absolute atomic E-state index is 12.2. The Hall–Kier alpha value is -3.63. The number of carbonyl (C=O) groups is 2. The lowest BCUT2D eigenvalue weighted by molar-refractivity contribution is -0.128. The summed E-state index contributed by atoms with van der Waals surface area (Å²) in [5.41, 5.74) is 6.92. The number of nitrogens with one attached hydrogen (secondary N) is 2. The molecule has 0 spiro atoms. The zero-order valence-electron chi connectivity index (χ0n) is 18.4. The Morgan fingerprint density at radius 1 is 0.941 bits per heavy atom. The standard InChI is InChI=1S/C24H23N5O3S2/c1-2-29-23(20-9-6-14-33-20)27-28-24(29)34-16-22(31)26-25-21(30)15-32-19-12-10-18(11-13-19)17-7-4-3-5-8-17/h3-14H,2,15-16H2,1H3,(H,25,30)(H,26,31). The molecular formula is C24H23N5O3S2. The Labute approximate surface area is 205 Å². The highest BCUT2D eigenvalue weighted by Gasteiger charge is 2.15. The molecule has 2 heterocycles. The van der Waals surface area contributed by atoms with Crippen molar-refractivity contribution in [1.82, 2.24) is 25.6 Å². The number of hydrogen-bond acceptors (Lipinski definition) is 7. The molecule has 4 aromatic rings. The minimum absolute atomic E-state index is 0.0880. The summed E-state index contributed by atoms with van der Waals surface area (Å²) in [6.07, 6.45) is 0. The van der Waals surface area contributed by atoms with Crippen LogP contribution in [-0.4, -0.2) is 38.9 Å². The highest BCUT2D eigenvalue weighted by Crippen LogP contribution is 2.27. The largest absolute Gasteiger partial charge is 0.484 e. The molecule has 0 aliphatic carbocycles. The average molecular weight is 494 g/mol. The van der Waals surface area contributed by atoms with Gasteiger partial charge >= 0.3 is 0 Å². The van der Waals surface area contributed by atoms with Crippen LogP contribution in [-0.2, 0) is 16.1 Å². The lowest BCUT2D eigenvalue weighted by atomic mass is 10.1. The van der Waals surface area contributed by atoms with E-state index < -0.39 is 5.91 Å². The first-order valence-corrected chi connectivity index (χ1v) is 12.5. The molecule has 0 aliphatic rings. The molecule has 0 saturated carbocycles. The number of hydrogen-bond donors (Lipinski definition) is 2. The average Bonchev–Trinajstić information content (AvgIpc) is 3.55. The third-order valence-corrected chi connectivity index (χ3v) is 6.61. The van der Waals surface area contributed by atoms with E-state index in [-0.39, 0.29) is 18.3 Å². The van der Waals surface area contributed by atoms with Gasteiger partial charge in [0.15, 0.2) is 17.6 Å². The van der Waals surface area contributed by atoms with Crippen molar-refractivity contribution in [3.05, 3.63) is 72.1 Å². The zero-order chi connectivity index (χ0) is 23.8. The van der Waals surface area contributed by atoms with Gasteiger partial charge in [-0.3, -0.25) is 20.4 Å². The number of thiophene rings is 1. The summed E-state index contributed by atoms with van der Waals surface area (Å²) in [6, 6.07) is 21.4. The molecule has 0 saturated heterocycles. The van der Waals surface area contributed by atoms with Crippen LogP contribution in [0.2, 0.25) is 0 Å². The molecule has 0 atom stereocenters. The van der Waals surface area contributed by atoms with Crippen molar-refractivity contribution in [3.63, 3.8) is 0 Å². The zero-order valence-corrected chi connectivity index (χ0v) is 20.1. The molecule has 10 heteroatoms. The van der Waals surface area contributed by atoms with Crippen molar-refractivity contribution in [1.29, 1.82) is 0 Å². The van der Waals surface area contributed by atoms with E-state index in [4.69, 9.17) is 4.74 Å². The van der Waals surface area contributed by atoms with E-state index in [0.29, 0.717) is 17.5 Å². The lowest BCUT2D eigenvalue weighted by Gasteiger charge is -2.10. The number of thioether (sulfide) groups is 1. The van der Waals surface area contributed by atoms with Gasteiger partial charge in [-0.15, -0.1) is 21.5 Å². The molecule has 2 N–H and O–H groups in total. The van der Waals surface area contributed by atoms with Crippen LogP contribution in [0.5, 0.6) is 5.75 Å². The molecule has 0 unspecified atom stereocenters. The smallest absolute Gasteiger partial charge is 0.276 e. The van der Waals surface area contributed by atoms with Gasteiger partial charge in [0.05, 0.1) is 10.6 Å². The molecular weight excluding hydrogens is 470 g/mol. The highest BCUT2D eigenvalue weighted by molar-refractivity contribution is 7.99. The number of hydrazine groups is 1. The van der Waals surface area contributed by atoms with Gasteiger partial charge in [-0.1, -0.05) is 60.3 Å². The number of carbonyl (C=O) groups excluding carboxylic acids is 2. The molecule has 34 heavy (non-hydrogen) atoms. The fourth-order valence-corrected chi connectivity index (χ4v) is 4.65. The van der Waals surface area contributed by atoms with Gasteiger partial charge in [0.2, 0.25) is 5.91 Å². The van der Waals surface area contributed by atoms with Gasteiger partial charge in [-0.25, -0.2) is 0 Å². The molecule has 2 aromatic carbocycles. The number of amides is 2. The number of aromatic nitrogens is 3. The Balaban J connectivity index is 1.20. The second-order valence-electron chi connectivity index (χ2n) is 7.09. The van der Waals surface area contributed by atoms with Crippen LogP contribution in [0, 0.1) is 0 Å². The highest BCUT2D eigenvalue weighted by atomic mass is 32.2. The van der Waals surface area contributed by atoms with E-state index in [9.17, 15) is 9.59 Å². The first-order chi connectivity index (χ1) is 16.6. The van der Waals surface area contributed by atoms with Crippen molar-refractivity contribution >= 4 is 34.9 Å². The summed E-state index contributed by atoms with van der Waals surface area (Å²) < 4.78 is 7.46. The first-order valence-electron chi connectivity index (χ1n) is 10.6. The van der Waals surface area contributed by atoms with Crippen LogP contribution in [0.4, 0.5) is 0 Å². The van der Waals surface area contributed by atoms with Gasteiger partial charge < -0.3 is 9.30 Å². The van der Waals surface area contributed by atoms with E-state index >= 15 is 0 Å². The first kappa shape index (κ1) is 23.5. The van der Waals surface area contributed by atoms with Gasteiger partial charge in [0, 0.05) is 6.54 Å². The van der Waals surface area contributed by atoms with Crippen molar-refractivity contribution in [2.75, 3.05) is 12.4 Å². The SMILES string of the molecule is CCn1c(SCC(=O)NNC(=O)COc2ccc(-c3ccccc3)cc2)nnc1-c1cccs1. The normalized spacial score (nSPS) is 10.6. The molecule has 8 nitrogen and oxygen atoms in total. The van der Waals surface area contributed by atoms with Crippen LogP contribution >= 0.6 is 23.1 Å². The van der Waals surface area contributed by atoms with Crippen LogP contribution < -0.4 is 15.6 Å². The van der Waals surface area contributed by atoms with Gasteiger partial charge in [-0.05, 0) is 41.6 Å². The van der Waals surface area contributed by atoms with E-state index in [1.54, 1.807) is 23.5 Å². The van der Waals surface area contributed by atoms with Crippen LogP contribution in [0.1, 0.15) is 6.92 Å². The number of rotatable bonds is 9. The third-order valence-electron chi connectivity index (χ3n) is 4.78. The summed E-state index contributed by atoms with van der Waals surface area (Å²) >= 11 is 2.84. The summed E-state index contributed by atoms with van der Waals surface area (Å²) in [7, 11) is 0. The van der Waals surface area contributed by atoms with Crippen molar-refractivity contribution in [2.24, 2.45) is 0 Å². The minimum atomic E-state index is -0.456. The predicted molar refractivity (Wildman–Crippen MR) is 133 cm³/mol. The summed E-state index contributed by atoms with van der Waals surface area (Å²) in [6.45, 7) is 2.47. The van der Waals surface area contributed by atoms with Gasteiger partial charge in [0.25, 0.3) is 5.91 Å². The molecule has 2 amide bonds. The van der Waals surface area contributed by atoms with E-state index in [2.05, 4.69) is 21.0 Å². The molecule has 4 rings (SSSR count). The second-order valence-corrected chi connectivity index (χ2v) is 8.98. The quantitative estimate of drug-likeness (QED) is 0.270. The maximum atomic E-state index is 12.2. The number of benzene rings is 2. The Kier molecular flexibility index (Phi) is 7.95. The van der Waals surface area contributed by atoms with E-state index in [1.807, 2.05) is 71.5 Å². The fourth-order valence-electron chi connectivity index (χ4n) is 3.13. The maximum Gasteiger partial charge on any atom is 0.276 e. The Bertz CT molecular complexity index is 1230.